The summed E-state index contributed by atoms with van der Waals surface area (Å²) in [5.41, 5.74) is -0.0669. The molecule has 2 rings (SSSR count). The maximum Gasteiger partial charge on any atom is 0.191 e. The molecule has 0 aromatic heterocycles. The summed E-state index contributed by atoms with van der Waals surface area (Å²) in [6.45, 7) is 0. The van der Waals surface area contributed by atoms with Gasteiger partial charge in [-0.1, -0.05) is 47.6 Å². The topological polar surface area (TPSA) is 17.1 Å². The maximum absolute atomic E-state index is 11.7. The normalized spacial score (nSPS) is 34.5. The van der Waals surface area contributed by atoms with E-state index in [1.165, 1.54) is 0 Å². The molecule has 5 heteroatoms. The molecule has 0 saturated heterocycles. The fourth-order valence-electron chi connectivity index (χ4n) is 2.99. The number of hydrogen-bond donors (Lipinski definition) is 0. The highest BCUT2D eigenvalue weighted by atomic mass is 35.6. The van der Waals surface area contributed by atoms with Crippen molar-refractivity contribution in [1.29, 1.82) is 0 Å². The maximum atomic E-state index is 11.7. The molecule has 0 aromatic rings. The quantitative estimate of drug-likeness (QED) is 0.664. The van der Waals surface area contributed by atoms with Gasteiger partial charge < -0.3 is 0 Å². The Morgan fingerprint density at radius 3 is 2.27 bits per heavy atom. The van der Waals surface area contributed by atoms with Gasteiger partial charge >= 0.3 is 0 Å². The Labute approximate surface area is 109 Å². The van der Waals surface area contributed by atoms with Gasteiger partial charge in [-0.15, -0.1) is 11.6 Å². The van der Waals surface area contributed by atoms with E-state index in [9.17, 15) is 4.79 Å². The smallest absolute Gasteiger partial charge is 0.191 e. The number of hydrogen-bond acceptors (Lipinski definition) is 1. The van der Waals surface area contributed by atoms with Gasteiger partial charge in [0, 0.05) is 17.8 Å². The van der Waals surface area contributed by atoms with Crippen molar-refractivity contribution in [3.63, 3.8) is 0 Å². The molecule has 2 aliphatic rings. The average Bonchev–Trinajstić information content (AvgIpc) is 2.62. The number of carbonyl (C=O) groups excluding carboxylic acids is 1. The molecule has 0 amide bonds. The molecule has 2 saturated carbocycles. The van der Waals surface area contributed by atoms with Gasteiger partial charge in [0.1, 0.15) is 0 Å². The highest BCUT2D eigenvalue weighted by Gasteiger charge is 2.62. The van der Waals surface area contributed by atoms with Crippen molar-refractivity contribution in [2.75, 3.05) is 0 Å². The van der Waals surface area contributed by atoms with Crippen molar-refractivity contribution >= 4 is 52.2 Å². The monoisotopic (exact) mass is 288 g/mol. The Bertz CT molecular complexity index is 278. The van der Waals surface area contributed by atoms with Crippen molar-refractivity contribution in [3.8, 4) is 0 Å². The summed E-state index contributed by atoms with van der Waals surface area (Å²) in [4.78, 5) is 11.7. The fraction of sp³-hybridized carbons (Fsp3) is 0.900. The summed E-state index contributed by atoms with van der Waals surface area (Å²) in [6, 6.07) is 0. The van der Waals surface area contributed by atoms with Gasteiger partial charge in [0.2, 0.25) is 0 Å². The lowest BCUT2D eigenvalue weighted by Crippen LogP contribution is -2.58. The summed E-state index contributed by atoms with van der Waals surface area (Å²) in [5, 5.41) is -0.350. The third-order valence-corrected chi connectivity index (χ3v) is 4.87. The zero-order chi connectivity index (χ0) is 11.3. The number of alkyl halides is 4. The first-order chi connectivity index (χ1) is 6.87. The van der Waals surface area contributed by atoms with Crippen LogP contribution in [0.1, 0.15) is 32.1 Å². The molecule has 2 unspecified atom stereocenters. The van der Waals surface area contributed by atoms with Gasteiger partial charge in [0.25, 0.3) is 0 Å². The number of ketones is 1. The lowest BCUT2D eigenvalue weighted by atomic mass is 9.56. The predicted molar refractivity (Wildman–Crippen MR) is 63.9 cm³/mol. The minimum absolute atomic E-state index is 0.0601. The van der Waals surface area contributed by atoms with E-state index in [4.69, 9.17) is 46.4 Å². The zero-order valence-corrected chi connectivity index (χ0v) is 11.1. The number of halogens is 4. The van der Waals surface area contributed by atoms with E-state index in [1.54, 1.807) is 0 Å². The molecule has 0 aromatic carbocycles. The molecule has 15 heavy (non-hydrogen) atoms. The van der Waals surface area contributed by atoms with Crippen LogP contribution in [-0.4, -0.2) is 15.0 Å². The van der Waals surface area contributed by atoms with E-state index < -0.39 is 3.79 Å². The molecule has 2 aliphatic carbocycles. The van der Waals surface area contributed by atoms with Gasteiger partial charge in [0.15, 0.2) is 9.58 Å². The molecule has 2 fully saturated rings. The van der Waals surface area contributed by atoms with E-state index in [-0.39, 0.29) is 22.5 Å². The summed E-state index contributed by atoms with van der Waals surface area (Å²) >= 11 is 23.4. The highest BCUT2D eigenvalue weighted by molar-refractivity contribution is 6.67. The van der Waals surface area contributed by atoms with Crippen LogP contribution in [0.2, 0.25) is 0 Å². The molecule has 0 heterocycles. The second kappa shape index (κ2) is 3.94. The third kappa shape index (κ3) is 2.01. The van der Waals surface area contributed by atoms with Crippen LogP contribution in [0.25, 0.3) is 0 Å². The molecule has 1 nitrogen and oxygen atoms in total. The first kappa shape index (κ1) is 12.3. The standard InChI is InChI=1S/C10H12Cl4O/c11-8-7(15)6(5-10(12,13)14)9(8)3-1-2-4-9/h6,8H,1-5H2. The highest BCUT2D eigenvalue weighted by Crippen LogP contribution is 2.60. The summed E-state index contributed by atoms with van der Waals surface area (Å²) in [5.74, 6) is -0.0834. The van der Waals surface area contributed by atoms with E-state index in [2.05, 4.69) is 0 Å². The number of Topliss-reactive ketones (excluding diaryl/α,β-unsaturated/α-hetero) is 1. The van der Waals surface area contributed by atoms with Crippen LogP contribution in [0.15, 0.2) is 0 Å². The Balaban J connectivity index is 2.13. The second-order valence-corrected chi connectivity index (χ2v) is 7.53. The van der Waals surface area contributed by atoms with Crippen molar-refractivity contribution in [2.45, 2.75) is 41.3 Å². The van der Waals surface area contributed by atoms with Gasteiger partial charge in [-0.05, 0) is 12.8 Å². The summed E-state index contributed by atoms with van der Waals surface area (Å²) in [7, 11) is 0. The molecule has 0 N–H and O–H groups in total. The van der Waals surface area contributed by atoms with E-state index in [1.807, 2.05) is 0 Å². The molecular weight excluding hydrogens is 278 g/mol. The molecule has 86 valence electrons. The predicted octanol–water partition coefficient (Wildman–Crippen LogP) is 4.11. The zero-order valence-electron chi connectivity index (χ0n) is 8.11. The SMILES string of the molecule is O=C1C(Cl)C2(CCCC2)C1CC(Cl)(Cl)Cl. The molecule has 2 atom stereocenters. The largest absolute Gasteiger partial charge is 0.298 e. The Kier molecular flexibility index (Phi) is 3.23. The van der Waals surface area contributed by atoms with Gasteiger partial charge in [0.05, 0.1) is 5.38 Å². The minimum atomic E-state index is -1.34. The molecule has 0 aliphatic heterocycles. The first-order valence-electron chi connectivity index (χ1n) is 5.11. The van der Waals surface area contributed by atoms with Crippen LogP contribution in [0.3, 0.4) is 0 Å². The molecule has 0 bridgehead atoms. The lowest BCUT2D eigenvalue weighted by molar-refractivity contribution is -0.142. The fourth-order valence-corrected chi connectivity index (χ4v) is 3.98. The van der Waals surface area contributed by atoms with Crippen LogP contribution >= 0.6 is 46.4 Å². The minimum Gasteiger partial charge on any atom is -0.298 e. The molecule has 1 spiro atoms. The van der Waals surface area contributed by atoms with Gasteiger partial charge in [-0.3, -0.25) is 4.79 Å². The van der Waals surface area contributed by atoms with Gasteiger partial charge in [-0.25, -0.2) is 0 Å². The number of carbonyl (C=O) groups is 1. The second-order valence-electron chi connectivity index (χ2n) is 4.58. The summed E-state index contributed by atoms with van der Waals surface area (Å²) < 4.78 is -1.34. The lowest BCUT2D eigenvalue weighted by Gasteiger charge is -2.50. The van der Waals surface area contributed by atoms with Crippen LogP contribution in [0, 0.1) is 11.3 Å². The van der Waals surface area contributed by atoms with Crippen LogP contribution < -0.4 is 0 Å². The van der Waals surface area contributed by atoms with E-state index in [0.717, 1.165) is 25.7 Å². The third-order valence-electron chi connectivity index (χ3n) is 3.76. The van der Waals surface area contributed by atoms with Crippen LogP contribution in [0.4, 0.5) is 0 Å². The van der Waals surface area contributed by atoms with Crippen molar-refractivity contribution in [2.24, 2.45) is 11.3 Å². The average molecular weight is 290 g/mol. The molecule has 0 radical (unpaired) electrons. The van der Waals surface area contributed by atoms with Crippen LogP contribution in [-0.2, 0) is 4.79 Å². The Morgan fingerprint density at radius 1 is 1.27 bits per heavy atom. The van der Waals surface area contributed by atoms with E-state index in [0.29, 0.717) is 6.42 Å². The number of rotatable bonds is 1. The van der Waals surface area contributed by atoms with Crippen molar-refractivity contribution < 1.29 is 4.79 Å². The van der Waals surface area contributed by atoms with E-state index >= 15 is 0 Å². The Morgan fingerprint density at radius 2 is 1.80 bits per heavy atom. The Hall–Kier alpha value is 0.830. The summed E-state index contributed by atoms with van der Waals surface area (Å²) in [6.07, 6.45) is 4.57. The van der Waals surface area contributed by atoms with Gasteiger partial charge in [-0.2, -0.15) is 0 Å². The first-order valence-corrected chi connectivity index (χ1v) is 6.68. The van der Waals surface area contributed by atoms with Crippen LogP contribution in [0.5, 0.6) is 0 Å². The van der Waals surface area contributed by atoms with Crippen molar-refractivity contribution in [3.05, 3.63) is 0 Å². The van der Waals surface area contributed by atoms with Crippen molar-refractivity contribution in [1.82, 2.24) is 0 Å². The molecular formula is C10H12Cl4O.